The lowest BCUT2D eigenvalue weighted by Crippen LogP contribution is -2.28. The van der Waals surface area contributed by atoms with Crippen molar-refractivity contribution in [2.24, 2.45) is 0 Å². The summed E-state index contributed by atoms with van der Waals surface area (Å²) in [5.74, 6) is 0.747. The van der Waals surface area contributed by atoms with E-state index < -0.39 is 10.0 Å². The molecule has 0 heterocycles. The second kappa shape index (κ2) is 9.62. The van der Waals surface area contributed by atoms with E-state index in [-0.39, 0.29) is 6.54 Å². The first-order valence-corrected chi connectivity index (χ1v) is 11.4. The maximum Gasteiger partial charge on any atom is 0.208 e. The number of hydrogen-bond donors (Lipinski definition) is 2. The average Bonchev–Trinajstić information content (AvgIpc) is 2.57. The van der Waals surface area contributed by atoms with Crippen LogP contribution in [0.3, 0.4) is 0 Å². The van der Waals surface area contributed by atoms with Crippen molar-refractivity contribution in [3.8, 4) is 5.75 Å². The molecule has 0 fully saturated rings. The summed E-state index contributed by atoms with van der Waals surface area (Å²) < 4.78 is 33.6. The van der Waals surface area contributed by atoms with E-state index >= 15 is 0 Å². The normalized spacial score (nSPS) is 18.2. The molecule has 0 aliphatic heterocycles. The van der Waals surface area contributed by atoms with E-state index in [9.17, 15) is 8.42 Å². The van der Waals surface area contributed by atoms with Gasteiger partial charge < -0.3 is 4.74 Å². The van der Waals surface area contributed by atoms with Crippen molar-refractivity contribution >= 4 is 27.5 Å². The van der Waals surface area contributed by atoms with Crippen molar-refractivity contribution in [1.29, 1.82) is 0 Å². The molecule has 1 aromatic carbocycles. The van der Waals surface area contributed by atoms with Crippen LogP contribution in [-0.2, 0) is 10.0 Å². The predicted octanol–water partition coefficient (Wildman–Crippen LogP) is 3.20. The highest BCUT2D eigenvalue weighted by Crippen LogP contribution is 2.30. The Morgan fingerprint density at radius 1 is 1.28 bits per heavy atom. The minimum Gasteiger partial charge on any atom is -0.492 e. The van der Waals surface area contributed by atoms with E-state index in [0.29, 0.717) is 17.9 Å². The van der Waals surface area contributed by atoms with E-state index in [0.717, 1.165) is 24.8 Å². The van der Waals surface area contributed by atoms with E-state index in [1.807, 2.05) is 12.1 Å². The predicted molar refractivity (Wildman–Crippen MR) is 106 cm³/mol. The molecule has 0 saturated carbocycles. The fraction of sp³-hybridized carbons (Fsp3) is 0.556. The molecular weight excluding hydrogens is 356 g/mol. The van der Waals surface area contributed by atoms with Gasteiger partial charge in [-0.25, -0.2) is 13.1 Å². The van der Waals surface area contributed by atoms with Crippen molar-refractivity contribution in [3.05, 3.63) is 35.9 Å². The maximum atomic E-state index is 11.0. The molecule has 7 heteroatoms. The van der Waals surface area contributed by atoms with Crippen LogP contribution in [0.25, 0.3) is 5.57 Å². The zero-order valence-corrected chi connectivity index (χ0v) is 16.8. The Hall–Kier alpha value is -1.02. The standard InChI is InChI=1S/C18H28N2O3S2/c1-14(2)24-20-18-7-5-4-6-17(18)15-8-10-16(11-9-15)23-13-12-19-25(3,21)22/h6,8-11,14,18-20H,4-5,7,12-13H2,1-3H3. The van der Waals surface area contributed by atoms with E-state index in [2.05, 4.69) is 41.5 Å². The number of nitrogens with one attached hydrogen (secondary N) is 2. The van der Waals surface area contributed by atoms with Crippen LogP contribution in [0.2, 0.25) is 0 Å². The summed E-state index contributed by atoms with van der Waals surface area (Å²) in [7, 11) is -3.16. The summed E-state index contributed by atoms with van der Waals surface area (Å²) in [5.41, 5.74) is 2.56. The first-order chi connectivity index (χ1) is 11.8. The van der Waals surface area contributed by atoms with Gasteiger partial charge in [0.2, 0.25) is 10.0 Å². The quantitative estimate of drug-likeness (QED) is 0.505. The molecule has 1 atom stereocenters. The third kappa shape index (κ3) is 7.40. The maximum absolute atomic E-state index is 11.0. The van der Waals surface area contributed by atoms with Crippen molar-refractivity contribution in [3.63, 3.8) is 0 Å². The van der Waals surface area contributed by atoms with Gasteiger partial charge in [0.25, 0.3) is 0 Å². The zero-order valence-electron chi connectivity index (χ0n) is 15.1. The number of ether oxygens (including phenoxy) is 1. The lowest BCUT2D eigenvalue weighted by molar-refractivity contribution is 0.323. The topological polar surface area (TPSA) is 67.4 Å². The van der Waals surface area contributed by atoms with Crippen molar-refractivity contribution in [1.82, 2.24) is 9.44 Å². The summed E-state index contributed by atoms with van der Waals surface area (Å²) in [5, 5.41) is 0.555. The monoisotopic (exact) mass is 384 g/mol. The van der Waals surface area contributed by atoms with Crippen molar-refractivity contribution in [2.75, 3.05) is 19.4 Å². The van der Waals surface area contributed by atoms with E-state index in [1.54, 1.807) is 11.9 Å². The Bertz CT molecular complexity index is 670. The lowest BCUT2D eigenvalue weighted by atomic mass is 9.90. The molecule has 1 aromatic rings. The van der Waals surface area contributed by atoms with Crippen LogP contribution < -0.4 is 14.2 Å². The van der Waals surface area contributed by atoms with Gasteiger partial charge in [-0.1, -0.05) is 44.0 Å². The molecule has 1 aliphatic carbocycles. The van der Waals surface area contributed by atoms with Gasteiger partial charge in [-0.2, -0.15) is 0 Å². The number of rotatable bonds is 9. The SMILES string of the molecule is CC(C)SNC1CCCC=C1c1ccc(OCCNS(C)(=O)=O)cc1. The third-order valence-electron chi connectivity index (χ3n) is 3.81. The summed E-state index contributed by atoms with van der Waals surface area (Å²) in [4.78, 5) is 0. The first kappa shape index (κ1) is 20.3. The van der Waals surface area contributed by atoms with E-state index in [4.69, 9.17) is 4.74 Å². The van der Waals surface area contributed by atoms with Crippen LogP contribution in [0.15, 0.2) is 30.3 Å². The molecule has 0 radical (unpaired) electrons. The zero-order chi connectivity index (χ0) is 18.3. The number of benzene rings is 1. The molecule has 2 N–H and O–H groups in total. The molecule has 0 amide bonds. The minimum absolute atomic E-state index is 0.268. The molecule has 0 aromatic heterocycles. The highest BCUT2D eigenvalue weighted by molar-refractivity contribution is 7.98. The van der Waals surface area contributed by atoms with Gasteiger partial charge in [-0.15, -0.1) is 0 Å². The van der Waals surface area contributed by atoms with Gasteiger partial charge >= 0.3 is 0 Å². The van der Waals surface area contributed by atoms with Gasteiger partial charge in [-0.3, -0.25) is 4.72 Å². The second-order valence-corrected chi connectivity index (χ2v) is 9.71. The Morgan fingerprint density at radius 2 is 2.00 bits per heavy atom. The van der Waals surface area contributed by atoms with Gasteiger partial charge in [-0.05, 0) is 42.5 Å². The van der Waals surface area contributed by atoms with Crippen LogP contribution in [-0.4, -0.2) is 39.1 Å². The summed E-state index contributed by atoms with van der Waals surface area (Å²) in [6, 6.07) is 8.42. The Balaban J connectivity index is 1.92. The highest BCUT2D eigenvalue weighted by atomic mass is 32.2. The van der Waals surface area contributed by atoms with Gasteiger partial charge in [0.1, 0.15) is 12.4 Å². The van der Waals surface area contributed by atoms with Crippen LogP contribution in [0.1, 0.15) is 38.7 Å². The summed E-state index contributed by atoms with van der Waals surface area (Å²) in [6.07, 6.45) is 6.96. The Morgan fingerprint density at radius 3 is 2.64 bits per heavy atom. The van der Waals surface area contributed by atoms with Gasteiger partial charge in [0.15, 0.2) is 0 Å². The fourth-order valence-corrected chi connectivity index (χ4v) is 3.81. The Kier molecular flexibility index (Phi) is 7.81. The van der Waals surface area contributed by atoms with E-state index in [1.165, 1.54) is 17.6 Å². The molecule has 0 saturated heterocycles. The van der Waals surface area contributed by atoms with Crippen LogP contribution in [0, 0.1) is 0 Å². The summed E-state index contributed by atoms with van der Waals surface area (Å²) in [6.45, 7) is 4.96. The lowest BCUT2D eigenvalue weighted by Gasteiger charge is -2.26. The molecule has 0 spiro atoms. The van der Waals surface area contributed by atoms with Gasteiger partial charge in [0, 0.05) is 17.8 Å². The molecule has 2 rings (SSSR count). The molecule has 0 bridgehead atoms. The van der Waals surface area contributed by atoms with Crippen molar-refractivity contribution in [2.45, 2.75) is 44.4 Å². The number of allylic oxidation sites excluding steroid dienone is 1. The number of sulfonamides is 1. The molecular formula is C18H28N2O3S2. The molecule has 140 valence electrons. The smallest absolute Gasteiger partial charge is 0.208 e. The first-order valence-electron chi connectivity index (χ1n) is 8.64. The molecule has 1 unspecified atom stereocenters. The molecule has 25 heavy (non-hydrogen) atoms. The summed E-state index contributed by atoms with van der Waals surface area (Å²) >= 11 is 1.78. The van der Waals surface area contributed by atoms with Crippen LogP contribution in [0.5, 0.6) is 5.75 Å². The van der Waals surface area contributed by atoms with Crippen molar-refractivity contribution < 1.29 is 13.2 Å². The Labute approximate surface area is 155 Å². The van der Waals surface area contributed by atoms with Crippen LogP contribution >= 0.6 is 11.9 Å². The van der Waals surface area contributed by atoms with Gasteiger partial charge in [0.05, 0.1) is 6.26 Å². The molecule has 5 nitrogen and oxygen atoms in total. The minimum atomic E-state index is -3.16. The number of hydrogen-bond acceptors (Lipinski definition) is 5. The third-order valence-corrected chi connectivity index (χ3v) is 5.43. The highest BCUT2D eigenvalue weighted by Gasteiger charge is 2.19. The average molecular weight is 385 g/mol. The fourth-order valence-electron chi connectivity index (χ4n) is 2.68. The van der Waals surface area contributed by atoms with Crippen LogP contribution in [0.4, 0.5) is 0 Å². The second-order valence-electron chi connectivity index (χ2n) is 6.47. The largest absolute Gasteiger partial charge is 0.492 e. The molecule has 1 aliphatic rings.